The van der Waals surface area contributed by atoms with Crippen molar-refractivity contribution in [3.63, 3.8) is 0 Å². The summed E-state index contributed by atoms with van der Waals surface area (Å²) in [6, 6.07) is 13.6. The lowest BCUT2D eigenvalue weighted by atomic mass is 10.3. The number of alkyl halides is 1. The molecule has 3 rings (SSSR count). The van der Waals surface area contributed by atoms with Crippen LogP contribution in [0.15, 0.2) is 59.6 Å². The zero-order valence-corrected chi connectivity index (χ0v) is 17.6. The van der Waals surface area contributed by atoms with Crippen molar-refractivity contribution < 1.29 is 13.2 Å². The Kier molecular flexibility index (Phi) is 6.68. The summed E-state index contributed by atoms with van der Waals surface area (Å²) in [5.74, 6) is 2.06. The Morgan fingerprint density at radius 3 is 2.52 bits per heavy atom. The molecule has 0 saturated carbocycles. The molecule has 0 unspecified atom stereocenters. The predicted molar refractivity (Wildman–Crippen MR) is 114 cm³/mol. The summed E-state index contributed by atoms with van der Waals surface area (Å²) in [7, 11) is -3.56. The number of halogens is 1. The van der Waals surface area contributed by atoms with E-state index in [4.69, 9.17) is 16.3 Å². The maximum absolute atomic E-state index is 12.1. The van der Waals surface area contributed by atoms with Gasteiger partial charge in [-0.05, 0) is 56.3 Å². The summed E-state index contributed by atoms with van der Waals surface area (Å²) < 4.78 is 32.5. The van der Waals surface area contributed by atoms with Crippen molar-refractivity contribution in [3.05, 3.63) is 66.1 Å². The van der Waals surface area contributed by atoms with Crippen molar-refractivity contribution in [2.45, 2.75) is 18.7 Å². The standard InChI is InChI=1S/C20H21ClN4O3S/c1-14-3-8-19(15(2)24-14)28-17-9-11-22-20(13-17)25-16-4-6-18(7-5-16)29(26,27)23-12-10-21/h3-9,11,13,23H,10,12H2,1-2H3,(H,22,25). The topological polar surface area (TPSA) is 93.2 Å². The number of benzene rings is 1. The van der Waals surface area contributed by atoms with E-state index >= 15 is 0 Å². The first-order valence-corrected chi connectivity index (χ1v) is 10.9. The van der Waals surface area contributed by atoms with E-state index in [1.807, 2.05) is 26.0 Å². The number of aromatic nitrogens is 2. The highest BCUT2D eigenvalue weighted by molar-refractivity contribution is 7.89. The van der Waals surface area contributed by atoms with E-state index in [9.17, 15) is 8.42 Å². The third kappa shape index (κ3) is 5.66. The molecule has 2 heterocycles. The molecule has 0 radical (unpaired) electrons. The second kappa shape index (κ2) is 9.21. The smallest absolute Gasteiger partial charge is 0.240 e. The molecule has 7 nitrogen and oxygen atoms in total. The molecular formula is C20H21ClN4O3S. The normalized spacial score (nSPS) is 11.3. The minimum atomic E-state index is -3.56. The van der Waals surface area contributed by atoms with Gasteiger partial charge in [0.25, 0.3) is 0 Å². The van der Waals surface area contributed by atoms with Crippen molar-refractivity contribution in [3.8, 4) is 11.5 Å². The summed E-state index contributed by atoms with van der Waals surface area (Å²) in [6.45, 7) is 3.99. The highest BCUT2D eigenvalue weighted by Gasteiger charge is 2.13. The minimum Gasteiger partial charge on any atom is -0.455 e. The van der Waals surface area contributed by atoms with Crippen LogP contribution in [-0.2, 0) is 10.0 Å². The Labute approximate surface area is 175 Å². The van der Waals surface area contributed by atoms with Crippen molar-refractivity contribution in [2.24, 2.45) is 0 Å². The molecule has 0 atom stereocenters. The Bertz CT molecular complexity index is 1090. The molecule has 0 aliphatic rings. The summed E-state index contributed by atoms with van der Waals surface area (Å²) in [5, 5.41) is 3.13. The van der Waals surface area contributed by atoms with Gasteiger partial charge in [-0.15, -0.1) is 11.6 Å². The number of rotatable bonds is 8. The number of aryl methyl sites for hydroxylation is 2. The molecule has 0 fully saturated rings. The zero-order chi connectivity index (χ0) is 20.9. The monoisotopic (exact) mass is 432 g/mol. The Morgan fingerprint density at radius 1 is 1.07 bits per heavy atom. The molecule has 0 spiro atoms. The van der Waals surface area contributed by atoms with Crippen LogP contribution in [0.5, 0.6) is 11.5 Å². The molecule has 3 aromatic rings. The molecule has 29 heavy (non-hydrogen) atoms. The molecule has 0 aliphatic heterocycles. The van der Waals surface area contributed by atoms with Gasteiger partial charge >= 0.3 is 0 Å². The van der Waals surface area contributed by atoms with Crippen LogP contribution < -0.4 is 14.8 Å². The summed E-state index contributed by atoms with van der Waals surface area (Å²) in [4.78, 5) is 8.83. The fraction of sp³-hybridized carbons (Fsp3) is 0.200. The van der Waals surface area contributed by atoms with Gasteiger partial charge in [0.1, 0.15) is 17.3 Å². The van der Waals surface area contributed by atoms with E-state index in [2.05, 4.69) is 20.0 Å². The Hall–Kier alpha value is -2.68. The van der Waals surface area contributed by atoms with E-state index < -0.39 is 10.0 Å². The molecule has 2 aromatic heterocycles. The third-order valence-electron chi connectivity index (χ3n) is 3.96. The van der Waals surface area contributed by atoms with Crippen molar-refractivity contribution in [1.29, 1.82) is 0 Å². The molecule has 152 valence electrons. The molecule has 0 aliphatic carbocycles. The van der Waals surface area contributed by atoms with Crippen LogP contribution in [0.3, 0.4) is 0 Å². The number of anilines is 2. The van der Waals surface area contributed by atoms with Gasteiger partial charge in [0.15, 0.2) is 0 Å². The fourth-order valence-electron chi connectivity index (χ4n) is 2.57. The number of nitrogens with one attached hydrogen (secondary N) is 2. The first-order valence-electron chi connectivity index (χ1n) is 8.88. The quantitative estimate of drug-likeness (QED) is 0.519. The number of ether oxygens (including phenoxy) is 1. The highest BCUT2D eigenvalue weighted by Crippen LogP contribution is 2.26. The van der Waals surface area contributed by atoms with Gasteiger partial charge in [-0.3, -0.25) is 4.98 Å². The van der Waals surface area contributed by atoms with Gasteiger partial charge in [-0.2, -0.15) is 0 Å². The number of nitrogens with zero attached hydrogens (tertiary/aromatic N) is 2. The number of pyridine rings is 2. The molecule has 2 N–H and O–H groups in total. The first kappa shape index (κ1) is 21.0. The molecule has 1 aromatic carbocycles. The van der Waals surface area contributed by atoms with Crippen molar-refractivity contribution in [2.75, 3.05) is 17.7 Å². The molecular weight excluding hydrogens is 412 g/mol. The first-order chi connectivity index (χ1) is 13.9. The van der Waals surface area contributed by atoms with Crippen LogP contribution in [-0.4, -0.2) is 30.8 Å². The van der Waals surface area contributed by atoms with E-state index in [0.29, 0.717) is 23.0 Å². The lowest BCUT2D eigenvalue weighted by Crippen LogP contribution is -2.25. The van der Waals surface area contributed by atoms with Crippen LogP contribution in [0.1, 0.15) is 11.4 Å². The Balaban J connectivity index is 1.71. The SMILES string of the molecule is Cc1ccc(Oc2ccnc(Nc3ccc(S(=O)(=O)NCCCl)cc3)c2)c(C)n1. The largest absolute Gasteiger partial charge is 0.455 e. The lowest BCUT2D eigenvalue weighted by Gasteiger charge is -2.11. The third-order valence-corrected chi connectivity index (χ3v) is 5.63. The highest BCUT2D eigenvalue weighted by atomic mass is 35.5. The second-order valence-corrected chi connectivity index (χ2v) is 8.40. The Morgan fingerprint density at radius 2 is 1.83 bits per heavy atom. The van der Waals surface area contributed by atoms with Crippen LogP contribution in [0, 0.1) is 13.8 Å². The van der Waals surface area contributed by atoms with Crippen molar-refractivity contribution >= 4 is 33.1 Å². The van der Waals surface area contributed by atoms with Gasteiger partial charge in [0.05, 0.1) is 10.6 Å². The van der Waals surface area contributed by atoms with Gasteiger partial charge in [0.2, 0.25) is 10.0 Å². The molecule has 9 heteroatoms. The summed E-state index contributed by atoms with van der Waals surface area (Å²) >= 11 is 5.53. The minimum absolute atomic E-state index is 0.167. The predicted octanol–water partition coefficient (Wildman–Crippen LogP) is 4.15. The maximum Gasteiger partial charge on any atom is 0.240 e. The van der Waals surface area contributed by atoms with Crippen LogP contribution in [0.25, 0.3) is 0 Å². The van der Waals surface area contributed by atoms with Gasteiger partial charge < -0.3 is 10.1 Å². The molecule has 0 amide bonds. The van der Waals surface area contributed by atoms with E-state index in [1.165, 1.54) is 12.1 Å². The number of hydrogen-bond donors (Lipinski definition) is 2. The number of sulfonamides is 1. The lowest BCUT2D eigenvalue weighted by molar-refractivity contribution is 0.475. The average molecular weight is 433 g/mol. The summed E-state index contributed by atoms with van der Waals surface area (Å²) in [6.07, 6.45) is 1.63. The summed E-state index contributed by atoms with van der Waals surface area (Å²) in [5.41, 5.74) is 2.42. The van der Waals surface area contributed by atoms with Crippen molar-refractivity contribution in [1.82, 2.24) is 14.7 Å². The number of hydrogen-bond acceptors (Lipinski definition) is 6. The average Bonchev–Trinajstić information content (AvgIpc) is 2.69. The van der Waals surface area contributed by atoms with E-state index in [1.54, 1.807) is 30.5 Å². The maximum atomic E-state index is 12.1. The van der Waals surface area contributed by atoms with E-state index in [-0.39, 0.29) is 17.3 Å². The van der Waals surface area contributed by atoms with E-state index in [0.717, 1.165) is 11.4 Å². The zero-order valence-electron chi connectivity index (χ0n) is 16.0. The van der Waals surface area contributed by atoms with Crippen LogP contribution in [0.4, 0.5) is 11.5 Å². The molecule has 0 saturated heterocycles. The van der Waals surface area contributed by atoms with Crippen LogP contribution >= 0.6 is 11.6 Å². The molecule has 0 bridgehead atoms. The van der Waals surface area contributed by atoms with Gasteiger partial charge in [-0.1, -0.05) is 0 Å². The fourth-order valence-corrected chi connectivity index (χ4v) is 3.81. The van der Waals surface area contributed by atoms with Gasteiger partial charge in [-0.25, -0.2) is 18.1 Å². The second-order valence-electron chi connectivity index (χ2n) is 6.25. The van der Waals surface area contributed by atoms with Crippen LogP contribution in [0.2, 0.25) is 0 Å². The van der Waals surface area contributed by atoms with Gasteiger partial charge in [0, 0.05) is 36.1 Å².